The molecule has 0 fully saturated rings. The number of halogens is 2. The third kappa shape index (κ3) is 2.36. The Labute approximate surface area is 99.9 Å². The maximum absolute atomic E-state index is 13.4. The van der Waals surface area contributed by atoms with Crippen molar-refractivity contribution in [1.82, 2.24) is 0 Å². The second kappa shape index (κ2) is 4.66. The molecule has 0 bridgehead atoms. The molecule has 0 atom stereocenters. The Kier molecular flexibility index (Phi) is 3.23. The van der Waals surface area contributed by atoms with E-state index < -0.39 is 11.6 Å². The summed E-state index contributed by atoms with van der Waals surface area (Å²) in [6, 6.07) is 10.5. The molecule has 0 spiro atoms. The van der Waals surface area contributed by atoms with Crippen molar-refractivity contribution in [2.75, 3.05) is 0 Å². The molecule has 0 saturated carbocycles. The largest absolute Gasteiger partial charge is 0.207 e. The molecule has 0 radical (unpaired) electrons. The Balaban J connectivity index is 2.45. The topological polar surface area (TPSA) is 0 Å². The third-order valence-electron chi connectivity index (χ3n) is 2.98. The number of rotatable bonds is 2. The van der Waals surface area contributed by atoms with Gasteiger partial charge in [-0.2, -0.15) is 0 Å². The van der Waals surface area contributed by atoms with Crippen LogP contribution in [-0.2, 0) is 6.42 Å². The van der Waals surface area contributed by atoms with E-state index in [0.717, 1.165) is 12.0 Å². The molecule has 0 saturated heterocycles. The maximum Gasteiger partial charge on any atom is 0.129 e. The molecule has 0 heterocycles. The van der Waals surface area contributed by atoms with Crippen LogP contribution in [0.4, 0.5) is 8.78 Å². The molecule has 0 aliphatic carbocycles. The lowest BCUT2D eigenvalue weighted by atomic mass is 10.0. The van der Waals surface area contributed by atoms with E-state index in [1.54, 1.807) is 0 Å². The Morgan fingerprint density at radius 2 is 1.41 bits per heavy atom. The molecule has 17 heavy (non-hydrogen) atoms. The van der Waals surface area contributed by atoms with Crippen LogP contribution < -0.4 is 0 Å². The molecule has 2 aromatic rings. The van der Waals surface area contributed by atoms with Crippen LogP contribution in [0.1, 0.15) is 18.1 Å². The second-order valence-corrected chi connectivity index (χ2v) is 4.12. The predicted molar refractivity (Wildman–Crippen MR) is 65.9 cm³/mol. The number of hydrogen-bond donors (Lipinski definition) is 0. The summed E-state index contributed by atoms with van der Waals surface area (Å²) in [5.74, 6) is -1.00. The zero-order valence-corrected chi connectivity index (χ0v) is 9.93. The van der Waals surface area contributed by atoms with E-state index in [-0.39, 0.29) is 5.56 Å². The van der Waals surface area contributed by atoms with Gasteiger partial charge >= 0.3 is 0 Å². The van der Waals surface area contributed by atoms with E-state index in [2.05, 4.69) is 6.92 Å². The van der Waals surface area contributed by atoms with Gasteiger partial charge in [0.25, 0.3) is 0 Å². The quantitative estimate of drug-likeness (QED) is 0.715. The number of hydrogen-bond acceptors (Lipinski definition) is 0. The van der Waals surface area contributed by atoms with E-state index in [1.165, 1.54) is 24.6 Å². The van der Waals surface area contributed by atoms with Gasteiger partial charge in [0.05, 0.1) is 0 Å². The summed E-state index contributed by atoms with van der Waals surface area (Å²) in [5.41, 5.74) is 2.69. The zero-order chi connectivity index (χ0) is 12.4. The van der Waals surface area contributed by atoms with Crippen molar-refractivity contribution in [3.63, 3.8) is 0 Å². The Morgan fingerprint density at radius 3 is 1.88 bits per heavy atom. The van der Waals surface area contributed by atoms with Gasteiger partial charge in [-0.05, 0) is 42.2 Å². The predicted octanol–water partition coefficient (Wildman–Crippen LogP) is 4.50. The molecule has 0 aliphatic rings. The van der Waals surface area contributed by atoms with Crippen LogP contribution in [0.25, 0.3) is 11.1 Å². The molecule has 2 aromatic carbocycles. The average molecular weight is 232 g/mol. The van der Waals surface area contributed by atoms with Crippen molar-refractivity contribution < 1.29 is 8.78 Å². The molecule has 0 aromatic heterocycles. The normalized spacial score (nSPS) is 10.6. The summed E-state index contributed by atoms with van der Waals surface area (Å²) in [7, 11) is 0. The molecule has 0 amide bonds. The monoisotopic (exact) mass is 232 g/mol. The lowest BCUT2D eigenvalue weighted by Gasteiger charge is -2.06. The van der Waals surface area contributed by atoms with Crippen molar-refractivity contribution in [1.29, 1.82) is 0 Å². The van der Waals surface area contributed by atoms with Crippen LogP contribution in [0, 0.1) is 18.6 Å². The summed E-state index contributed by atoms with van der Waals surface area (Å²) in [6.07, 6.45) is 0.955. The van der Waals surface area contributed by atoms with Gasteiger partial charge in [0.15, 0.2) is 0 Å². The second-order valence-electron chi connectivity index (χ2n) is 4.12. The first kappa shape index (κ1) is 11.8. The SMILES string of the molecule is CCc1ccc(-c2cc(F)c(C)c(F)c2)cc1. The van der Waals surface area contributed by atoms with Crippen molar-refractivity contribution >= 4 is 0 Å². The minimum absolute atomic E-state index is 0.0685. The summed E-state index contributed by atoms with van der Waals surface area (Å²) in [6.45, 7) is 3.51. The first-order valence-corrected chi connectivity index (χ1v) is 5.66. The molecular formula is C15H14F2. The first-order chi connectivity index (χ1) is 8.11. The lowest BCUT2D eigenvalue weighted by Crippen LogP contribution is -1.90. The summed E-state index contributed by atoms with van der Waals surface area (Å²) in [5, 5.41) is 0. The molecule has 0 nitrogen and oxygen atoms in total. The minimum Gasteiger partial charge on any atom is -0.207 e. The highest BCUT2D eigenvalue weighted by molar-refractivity contribution is 5.64. The van der Waals surface area contributed by atoms with Crippen LogP contribution in [-0.4, -0.2) is 0 Å². The van der Waals surface area contributed by atoms with Gasteiger partial charge in [-0.15, -0.1) is 0 Å². The van der Waals surface area contributed by atoms with Gasteiger partial charge in [-0.1, -0.05) is 31.2 Å². The van der Waals surface area contributed by atoms with Crippen molar-refractivity contribution in [2.45, 2.75) is 20.3 Å². The van der Waals surface area contributed by atoms with E-state index in [4.69, 9.17) is 0 Å². The average Bonchev–Trinajstić information content (AvgIpc) is 2.35. The van der Waals surface area contributed by atoms with E-state index in [9.17, 15) is 8.78 Å². The fourth-order valence-corrected chi connectivity index (χ4v) is 1.74. The third-order valence-corrected chi connectivity index (χ3v) is 2.98. The standard InChI is InChI=1S/C15H14F2/c1-3-11-4-6-12(7-5-11)13-8-14(16)10(2)15(17)9-13/h4-9H,3H2,1-2H3. The van der Waals surface area contributed by atoms with E-state index in [1.807, 2.05) is 24.3 Å². The van der Waals surface area contributed by atoms with Crippen LogP contribution in [0.3, 0.4) is 0 Å². The molecule has 0 N–H and O–H groups in total. The molecule has 0 aliphatic heterocycles. The van der Waals surface area contributed by atoms with Crippen LogP contribution in [0.5, 0.6) is 0 Å². The van der Waals surface area contributed by atoms with Gasteiger partial charge in [0.1, 0.15) is 11.6 Å². The van der Waals surface area contributed by atoms with Crippen LogP contribution >= 0.6 is 0 Å². The van der Waals surface area contributed by atoms with Gasteiger partial charge in [0.2, 0.25) is 0 Å². The van der Waals surface area contributed by atoms with Gasteiger partial charge in [-0.25, -0.2) is 8.78 Å². The zero-order valence-electron chi connectivity index (χ0n) is 9.93. The van der Waals surface area contributed by atoms with Gasteiger partial charge < -0.3 is 0 Å². The smallest absolute Gasteiger partial charge is 0.129 e. The summed E-state index contributed by atoms with van der Waals surface area (Å²) >= 11 is 0. The van der Waals surface area contributed by atoms with Crippen molar-refractivity contribution in [3.8, 4) is 11.1 Å². The Morgan fingerprint density at radius 1 is 0.882 bits per heavy atom. The van der Waals surface area contributed by atoms with Gasteiger partial charge in [-0.3, -0.25) is 0 Å². The van der Waals surface area contributed by atoms with E-state index in [0.29, 0.717) is 5.56 Å². The molecule has 88 valence electrons. The maximum atomic E-state index is 13.4. The molecule has 2 heteroatoms. The van der Waals surface area contributed by atoms with Gasteiger partial charge in [0, 0.05) is 5.56 Å². The number of aryl methyl sites for hydroxylation is 1. The lowest BCUT2D eigenvalue weighted by molar-refractivity contribution is 0.569. The highest BCUT2D eigenvalue weighted by Crippen LogP contribution is 2.24. The van der Waals surface area contributed by atoms with E-state index >= 15 is 0 Å². The number of benzene rings is 2. The summed E-state index contributed by atoms with van der Waals surface area (Å²) < 4.78 is 26.9. The highest BCUT2D eigenvalue weighted by Gasteiger charge is 2.07. The molecule has 2 rings (SSSR count). The molecule has 0 unspecified atom stereocenters. The minimum atomic E-state index is -0.500. The Hall–Kier alpha value is -1.70. The fourth-order valence-electron chi connectivity index (χ4n) is 1.74. The summed E-state index contributed by atoms with van der Waals surface area (Å²) in [4.78, 5) is 0. The van der Waals surface area contributed by atoms with Crippen LogP contribution in [0.15, 0.2) is 36.4 Å². The first-order valence-electron chi connectivity index (χ1n) is 5.66. The van der Waals surface area contributed by atoms with Crippen LogP contribution in [0.2, 0.25) is 0 Å². The molecular weight excluding hydrogens is 218 g/mol. The van der Waals surface area contributed by atoms with Crippen molar-refractivity contribution in [2.24, 2.45) is 0 Å². The fraction of sp³-hybridized carbons (Fsp3) is 0.200. The highest BCUT2D eigenvalue weighted by atomic mass is 19.1. The van der Waals surface area contributed by atoms with Crippen molar-refractivity contribution in [3.05, 3.63) is 59.2 Å². The Bertz CT molecular complexity index is 504.